The first-order chi connectivity index (χ1) is 8.74. The zero-order valence-corrected chi connectivity index (χ0v) is 9.86. The van der Waals surface area contributed by atoms with Crippen LogP contribution in [0.5, 0.6) is 0 Å². The van der Waals surface area contributed by atoms with Gasteiger partial charge in [-0.25, -0.2) is 0 Å². The molecule has 0 bridgehead atoms. The van der Waals surface area contributed by atoms with Gasteiger partial charge in [0, 0.05) is 24.3 Å². The third-order valence-electron chi connectivity index (χ3n) is 3.23. The van der Waals surface area contributed by atoms with Crippen LogP contribution in [-0.4, -0.2) is 37.5 Å². The molecular formula is C13H14N2O3. The minimum Gasteiger partial charge on any atom is -0.367 e. The molecule has 0 spiro atoms. The summed E-state index contributed by atoms with van der Waals surface area (Å²) < 4.78 is 5.44. The Kier molecular flexibility index (Phi) is 2.85. The van der Waals surface area contributed by atoms with Gasteiger partial charge in [0.2, 0.25) is 5.91 Å². The molecule has 94 valence electrons. The molecule has 1 aromatic rings. The summed E-state index contributed by atoms with van der Waals surface area (Å²) in [5.41, 5.74) is 2.30. The van der Waals surface area contributed by atoms with E-state index in [4.69, 9.17) is 4.74 Å². The Morgan fingerprint density at radius 3 is 3.06 bits per heavy atom. The lowest BCUT2D eigenvalue weighted by Crippen LogP contribution is -2.43. The van der Waals surface area contributed by atoms with Gasteiger partial charge in [-0.3, -0.25) is 9.59 Å². The second kappa shape index (κ2) is 4.51. The number of hydrogen-bond acceptors (Lipinski definition) is 4. The molecule has 1 unspecified atom stereocenters. The highest BCUT2D eigenvalue weighted by Crippen LogP contribution is 2.24. The van der Waals surface area contributed by atoms with Gasteiger partial charge >= 0.3 is 0 Å². The molecule has 0 radical (unpaired) electrons. The number of benzene rings is 1. The fourth-order valence-corrected chi connectivity index (χ4v) is 2.30. The van der Waals surface area contributed by atoms with Crippen molar-refractivity contribution in [1.29, 1.82) is 0 Å². The van der Waals surface area contributed by atoms with Crippen LogP contribution in [-0.2, 0) is 16.0 Å². The molecule has 1 aromatic carbocycles. The smallest absolute Gasteiger partial charge is 0.228 e. The molecule has 0 aromatic heterocycles. The van der Waals surface area contributed by atoms with Crippen LogP contribution >= 0.6 is 0 Å². The van der Waals surface area contributed by atoms with Crippen molar-refractivity contribution in [3.05, 3.63) is 29.3 Å². The summed E-state index contributed by atoms with van der Waals surface area (Å²) in [6.07, 6.45) is -0.0675. The summed E-state index contributed by atoms with van der Waals surface area (Å²) in [6.45, 7) is 1.89. The van der Waals surface area contributed by atoms with E-state index in [1.165, 1.54) is 0 Å². The first-order valence-corrected chi connectivity index (χ1v) is 6.03. The molecule has 0 saturated carbocycles. The van der Waals surface area contributed by atoms with Gasteiger partial charge in [0.05, 0.1) is 13.0 Å². The first-order valence-electron chi connectivity index (χ1n) is 6.03. The minimum atomic E-state index is -0.415. The Hall–Kier alpha value is -1.72. The normalized spacial score (nSPS) is 22.4. The van der Waals surface area contributed by atoms with Gasteiger partial charge < -0.3 is 15.4 Å². The second-order valence-electron chi connectivity index (χ2n) is 4.52. The number of Topliss-reactive ketones (excluding diaryl/α,β-unsaturated/α-hetero) is 1. The molecule has 2 N–H and O–H groups in total. The zero-order chi connectivity index (χ0) is 12.5. The quantitative estimate of drug-likeness (QED) is 0.739. The third kappa shape index (κ3) is 2.02. The Morgan fingerprint density at radius 1 is 1.39 bits per heavy atom. The number of nitrogens with one attached hydrogen (secondary N) is 2. The van der Waals surface area contributed by atoms with Crippen LogP contribution < -0.4 is 10.6 Å². The van der Waals surface area contributed by atoms with E-state index >= 15 is 0 Å². The van der Waals surface area contributed by atoms with Crippen LogP contribution in [0, 0.1) is 0 Å². The summed E-state index contributed by atoms with van der Waals surface area (Å²) in [6, 6.07) is 5.31. The molecule has 2 heterocycles. The molecule has 5 nitrogen and oxygen atoms in total. The molecular weight excluding hydrogens is 232 g/mol. The van der Waals surface area contributed by atoms with Crippen molar-refractivity contribution >= 4 is 17.4 Å². The minimum absolute atomic E-state index is 0.0230. The number of carbonyl (C=O) groups is 2. The monoisotopic (exact) mass is 246 g/mol. The first kappa shape index (κ1) is 11.4. The Bertz CT molecular complexity index is 507. The molecule has 0 aliphatic carbocycles. The Morgan fingerprint density at radius 2 is 2.28 bits per heavy atom. The maximum Gasteiger partial charge on any atom is 0.228 e. The highest BCUT2D eigenvalue weighted by atomic mass is 16.5. The molecule has 2 aliphatic rings. The fourth-order valence-electron chi connectivity index (χ4n) is 2.30. The van der Waals surface area contributed by atoms with Gasteiger partial charge in [0.15, 0.2) is 5.78 Å². The average Bonchev–Trinajstić information content (AvgIpc) is 2.78. The third-order valence-corrected chi connectivity index (χ3v) is 3.23. The number of anilines is 1. The number of fused-ring (bicyclic) bond motifs is 1. The van der Waals surface area contributed by atoms with Crippen LogP contribution in [0.4, 0.5) is 5.69 Å². The van der Waals surface area contributed by atoms with E-state index in [-0.39, 0.29) is 11.7 Å². The Labute approximate surface area is 105 Å². The van der Waals surface area contributed by atoms with E-state index in [9.17, 15) is 9.59 Å². The lowest BCUT2D eigenvalue weighted by atomic mass is 10.0. The molecule has 1 amide bonds. The fraction of sp³-hybridized carbons (Fsp3) is 0.385. The Balaban J connectivity index is 1.82. The number of hydrogen-bond donors (Lipinski definition) is 2. The number of rotatable bonds is 2. The molecule has 18 heavy (non-hydrogen) atoms. The van der Waals surface area contributed by atoms with Gasteiger partial charge in [0.1, 0.15) is 6.10 Å². The summed E-state index contributed by atoms with van der Waals surface area (Å²) in [5, 5.41) is 5.88. The average molecular weight is 246 g/mol. The highest BCUT2D eigenvalue weighted by molar-refractivity contribution is 6.03. The highest BCUT2D eigenvalue weighted by Gasteiger charge is 2.25. The van der Waals surface area contributed by atoms with Crippen LogP contribution in [0.2, 0.25) is 0 Å². The van der Waals surface area contributed by atoms with Crippen LogP contribution in [0.25, 0.3) is 0 Å². The van der Waals surface area contributed by atoms with Crippen molar-refractivity contribution in [3.63, 3.8) is 0 Å². The van der Waals surface area contributed by atoms with Crippen molar-refractivity contribution in [2.45, 2.75) is 12.5 Å². The molecule has 1 fully saturated rings. The standard InChI is InChI=1S/C13H14N2O3/c16-12-6-9-5-8(1-2-10(9)15-12)13(17)11-7-14-3-4-18-11/h1-2,5,11,14H,3-4,6-7H2,(H,15,16). The van der Waals surface area contributed by atoms with Gasteiger partial charge in [-0.15, -0.1) is 0 Å². The topological polar surface area (TPSA) is 67.4 Å². The summed E-state index contributed by atoms with van der Waals surface area (Å²) in [5.74, 6) is -0.0467. The van der Waals surface area contributed by atoms with E-state index in [0.717, 1.165) is 17.8 Å². The summed E-state index contributed by atoms with van der Waals surface area (Å²) in [4.78, 5) is 23.5. The van der Waals surface area contributed by atoms with E-state index in [1.807, 2.05) is 0 Å². The summed E-state index contributed by atoms with van der Waals surface area (Å²) in [7, 11) is 0. The van der Waals surface area contributed by atoms with E-state index in [0.29, 0.717) is 25.1 Å². The molecule has 3 rings (SSSR count). The van der Waals surface area contributed by atoms with E-state index in [1.54, 1.807) is 18.2 Å². The van der Waals surface area contributed by atoms with Crippen molar-refractivity contribution in [2.75, 3.05) is 25.0 Å². The maximum atomic E-state index is 12.2. The number of ether oxygens (including phenoxy) is 1. The number of carbonyl (C=O) groups excluding carboxylic acids is 2. The van der Waals surface area contributed by atoms with Gasteiger partial charge in [-0.1, -0.05) is 0 Å². The predicted octanol–water partition coefficient (Wildman–Crippen LogP) is 0.352. The molecule has 5 heteroatoms. The SMILES string of the molecule is O=C1Cc2cc(C(=O)C3CNCCO3)ccc2N1. The van der Waals surface area contributed by atoms with Crippen molar-refractivity contribution in [1.82, 2.24) is 5.32 Å². The van der Waals surface area contributed by atoms with Crippen LogP contribution in [0.1, 0.15) is 15.9 Å². The molecule has 2 aliphatic heterocycles. The van der Waals surface area contributed by atoms with E-state index < -0.39 is 6.10 Å². The van der Waals surface area contributed by atoms with Crippen molar-refractivity contribution in [3.8, 4) is 0 Å². The molecule has 1 saturated heterocycles. The lowest BCUT2D eigenvalue weighted by Gasteiger charge is -2.22. The van der Waals surface area contributed by atoms with Crippen LogP contribution in [0.3, 0.4) is 0 Å². The molecule has 1 atom stereocenters. The van der Waals surface area contributed by atoms with Crippen molar-refractivity contribution < 1.29 is 14.3 Å². The van der Waals surface area contributed by atoms with Crippen LogP contribution in [0.15, 0.2) is 18.2 Å². The number of ketones is 1. The maximum absolute atomic E-state index is 12.2. The van der Waals surface area contributed by atoms with Gasteiger partial charge in [0.25, 0.3) is 0 Å². The van der Waals surface area contributed by atoms with Crippen molar-refractivity contribution in [2.24, 2.45) is 0 Å². The predicted molar refractivity (Wildman–Crippen MR) is 65.7 cm³/mol. The zero-order valence-electron chi connectivity index (χ0n) is 9.86. The largest absolute Gasteiger partial charge is 0.367 e. The van der Waals surface area contributed by atoms with Gasteiger partial charge in [-0.2, -0.15) is 0 Å². The number of morpholine rings is 1. The lowest BCUT2D eigenvalue weighted by molar-refractivity contribution is -0.115. The van der Waals surface area contributed by atoms with Gasteiger partial charge in [-0.05, 0) is 23.8 Å². The van der Waals surface area contributed by atoms with E-state index in [2.05, 4.69) is 10.6 Å². The second-order valence-corrected chi connectivity index (χ2v) is 4.52. The number of amides is 1. The summed E-state index contributed by atoms with van der Waals surface area (Å²) >= 11 is 0.